The lowest BCUT2D eigenvalue weighted by Gasteiger charge is -2.26. The van der Waals surface area contributed by atoms with E-state index in [1.807, 2.05) is 0 Å². The number of benzene rings is 9. The first-order valence-electron chi connectivity index (χ1n) is 29.9. The van der Waals surface area contributed by atoms with Crippen LogP contribution < -0.4 is 36.1 Å². The van der Waals surface area contributed by atoms with E-state index >= 15 is 0 Å². The molecule has 4 aromatic heterocycles. The van der Waals surface area contributed by atoms with Crippen molar-refractivity contribution in [1.82, 2.24) is 19.9 Å². The third-order valence-corrected chi connectivity index (χ3v) is 16.7. The van der Waals surface area contributed by atoms with Crippen LogP contribution in [0.1, 0.15) is 72.8 Å². The van der Waals surface area contributed by atoms with Gasteiger partial charge in [-0.25, -0.2) is 0 Å². The van der Waals surface area contributed by atoms with Gasteiger partial charge < -0.3 is 34.6 Å². The molecule has 9 aromatic carbocycles. The van der Waals surface area contributed by atoms with Crippen molar-refractivity contribution in [1.29, 1.82) is 0 Å². The molecule has 87 heavy (non-hydrogen) atoms. The third-order valence-electron chi connectivity index (χ3n) is 16.7. The maximum atomic E-state index is 4.02. The molecule has 13 aromatic rings. The van der Waals surface area contributed by atoms with Crippen LogP contribution in [0.2, 0.25) is 0 Å². The molecular weight excluding hydrogens is 1060 g/mol. The van der Waals surface area contributed by atoms with Crippen LogP contribution in [-0.4, -0.2) is 19.9 Å². The van der Waals surface area contributed by atoms with Crippen molar-refractivity contribution < 1.29 is 0 Å². The largest absolute Gasteiger partial charge is 0.355 e. The Hall–Kier alpha value is -11.0. The van der Waals surface area contributed by atoms with Gasteiger partial charge in [0, 0.05) is 112 Å². The van der Waals surface area contributed by atoms with E-state index in [0.717, 1.165) is 129 Å². The van der Waals surface area contributed by atoms with E-state index in [1.54, 1.807) is 0 Å². The highest BCUT2D eigenvalue weighted by Gasteiger charge is 2.21. The number of H-pyrrole nitrogens is 4. The summed E-state index contributed by atoms with van der Waals surface area (Å²) in [6.45, 7) is 12.8. The minimum Gasteiger partial charge on any atom is -0.355 e. The van der Waals surface area contributed by atoms with Gasteiger partial charge in [-0.15, -0.1) is 0 Å². The van der Waals surface area contributed by atoms with Crippen molar-refractivity contribution in [3.63, 3.8) is 0 Å². The Labute approximate surface area is 508 Å². The van der Waals surface area contributed by atoms with Crippen molar-refractivity contribution in [2.75, 3.05) is 14.7 Å². The lowest BCUT2D eigenvalue weighted by Crippen LogP contribution is -2.18. The molecule has 0 aliphatic carbocycles. The summed E-state index contributed by atoms with van der Waals surface area (Å²) in [5, 5.41) is 3.94. The summed E-state index contributed by atoms with van der Waals surface area (Å²) in [5.74, 6) is 0. The number of rotatable bonds is 12. The number of hydrogen-bond acceptors (Lipinski definition) is 3. The molecule has 8 bridgehead atoms. The second-order valence-corrected chi connectivity index (χ2v) is 23.2. The average molecular weight is 1130 g/mol. The molecule has 422 valence electrons. The highest BCUT2D eigenvalue weighted by Crippen LogP contribution is 2.40. The van der Waals surface area contributed by atoms with Crippen LogP contribution in [0.5, 0.6) is 0 Å². The molecule has 0 amide bonds. The van der Waals surface area contributed by atoms with Gasteiger partial charge in [-0.3, -0.25) is 0 Å². The number of aryl methyl sites for hydroxylation is 6. The van der Waals surface area contributed by atoms with E-state index in [1.165, 1.54) is 33.4 Å². The Morgan fingerprint density at radius 1 is 0.207 bits per heavy atom. The van der Waals surface area contributed by atoms with Gasteiger partial charge in [0.15, 0.2) is 0 Å². The summed E-state index contributed by atoms with van der Waals surface area (Å²) in [5.41, 5.74) is 27.4. The fraction of sp³-hybridized carbons (Fsp3) is 0.0750. The summed E-state index contributed by atoms with van der Waals surface area (Å²) >= 11 is 0. The second kappa shape index (κ2) is 22.9. The van der Waals surface area contributed by atoms with Crippen molar-refractivity contribution in [3.05, 3.63) is 361 Å². The molecule has 0 spiro atoms. The summed E-state index contributed by atoms with van der Waals surface area (Å²) in [6, 6.07) is 97.2. The highest BCUT2D eigenvalue weighted by molar-refractivity contribution is 5.87. The maximum Gasteiger partial charge on any atom is 0.0485 e. The monoisotopic (exact) mass is 1130 g/mol. The number of aromatic amines is 4. The quantitative estimate of drug-likeness (QED) is 0.0985. The SMILES string of the molecule is Cc1ccc(N(c2ccc(C)cc2)c2ccc(C3=c4ccc([nH]4)=Cc4ccc([nH]4)C(c4ccc(N(c5ccc(C)cc5)c5ccc(C)cc5)cc4)=c4ccc([nH]4)=C(c4ccc(N(c5ccc(C)cc5)c5ccc(C)cc5)cc4)c4ccc3[nH]4)cc2)cc1. The molecule has 0 saturated heterocycles. The van der Waals surface area contributed by atoms with Crippen LogP contribution in [0, 0.1) is 41.5 Å². The van der Waals surface area contributed by atoms with Crippen LogP contribution in [0.25, 0.3) is 22.8 Å². The van der Waals surface area contributed by atoms with Crippen LogP contribution in [-0.2, 0) is 0 Å². The average Bonchev–Trinajstić information content (AvgIpc) is 2.39. The van der Waals surface area contributed by atoms with E-state index in [0.29, 0.717) is 0 Å². The van der Waals surface area contributed by atoms with Gasteiger partial charge in [0.05, 0.1) is 0 Å². The van der Waals surface area contributed by atoms with Gasteiger partial charge in [-0.05, 0) is 222 Å². The van der Waals surface area contributed by atoms with Crippen molar-refractivity contribution in [3.8, 4) is 0 Å². The zero-order chi connectivity index (χ0) is 59.1. The Kier molecular flexibility index (Phi) is 14.2. The molecule has 0 saturated carbocycles. The molecule has 0 fully saturated rings. The first-order chi connectivity index (χ1) is 42.5. The standard InChI is InChI=1S/C80H67N7/c1-52-7-27-63(28-8-52)85(64-29-9-53(2)10-30-64)69-39-19-58(20-40-69)78-72-45-25-61(81-72)51-62-26-46-73(82-62)79(59-21-41-70(42-22-59)86(65-31-11-54(3)12-32-65)66-33-13-55(4)14-34-66)75-48-50-77(84-75)80(76-49-47-74(78)83-76)60-23-43-71(44-24-60)87(67-35-15-56(5)16-36-67)68-37-17-57(6)18-38-68/h7-51,81-84H,1-6H3. The Balaban J connectivity index is 0.941. The Bertz CT molecular complexity index is 4710. The summed E-state index contributed by atoms with van der Waals surface area (Å²) < 4.78 is 0. The number of nitrogens with one attached hydrogen (secondary N) is 4. The van der Waals surface area contributed by atoms with Gasteiger partial charge in [-0.1, -0.05) is 143 Å². The fourth-order valence-electron chi connectivity index (χ4n) is 12.0. The zero-order valence-electron chi connectivity index (χ0n) is 49.8. The molecule has 0 unspecified atom stereocenters. The van der Waals surface area contributed by atoms with Crippen LogP contribution in [0.15, 0.2) is 267 Å². The van der Waals surface area contributed by atoms with Gasteiger partial charge in [0.25, 0.3) is 0 Å². The summed E-state index contributed by atoms with van der Waals surface area (Å²) in [7, 11) is 0. The van der Waals surface area contributed by atoms with Crippen LogP contribution in [0.4, 0.5) is 51.2 Å². The first kappa shape index (κ1) is 54.0. The molecule has 4 N–H and O–H groups in total. The molecule has 0 atom stereocenters. The summed E-state index contributed by atoms with van der Waals surface area (Å²) in [6.07, 6.45) is 2.19. The smallest absolute Gasteiger partial charge is 0.0485 e. The number of nitrogens with zero attached hydrogens (tertiary/aromatic N) is 3. The molecule has 5 heterocycles. The second-order valence-electron chi connectivity index (χ2n) is 23.2. The third kappa shape index (κ3) is 10.9. The minimum absolute atomic E-state index is 0.977. The number of hydrogen-bond donors (Lipinski definition) is 4. The van der Waals surface area contributed by atoms with E-state index < -0.39 is 0 Å². The molecular formula is C80H67N7. The summed E-state index contributed by atoms with van der Waals surface area (Å²) in [4.78, 5) is 22.7. The molecule has 7 heteroatoms. The van der Waals surface area contributed by atoms with Crippen molar-refractivity contribution >= 4 is 74.0 Å². The fourth-order valence-corrected chi connectivity index (χ4v) is 12.0. The van der Waals surface area contributed by atoms with E-state index in [4.69, 9.17) is 0 Å². The topological polar surface area (TPSA) is 72.9 Å². The zero-order valence-corrected chi connectivity index (χ0v) is 49.8. The first-order valence-corrected chi connectivity index (χ1v) is 29.9. The molecule has 14 rings (SSSR count). The van der Waals surface area contributed by atoms with Crippen molar-refractivity contribution in [2.45, 2.75) is 41.5 Å². The van der Waals surface area contributed by atoms with Gasteiger partial charge in [-0.2, -0.15) is 0 Å². The van der Waals surface area contributed by atoms with Crippen LogP contribution in [0.3, 0.4) is 0 Å². The van der Waals surface area contributed by atoms with E-state index in [2.05, 4.69) is 349 Å². The molecule has 0 radical (unpaired) electrons. The normalized spacial score (nSPS) is 12.0. The van der Waals surface area contributed by atoms with Gasteiger partial charge in [0.2, 0.25) is 0 Å². The molecule has 7 nitrogen and oxygen atoms in total. The predicted octanol–water partition coefficient (Wildman–Crippen LogP) is 17.1. The van der Waals surface area contributed by atoms with Gasteiger partial charge >= 0.3 is 0 Å². The Morgan fingerprint density at radius 3 is 0.747 bits per heavy atom. The van der Waals surface area contributed by atoms with Gasteiger partial charge in [0.1, 0.15) is 0 Å². The highest BCUT2D eigenvalue weighted by atomic mass is 15.2. The number of anilines is 9. The van der Waals surface area contributed by atoms with Crippen LogP contribution >= 0.6 is 0 Å². The number of fused-ring (bicyclic) bond motifs is 8. The Morgan fingerprint density at radius 2 is 0.448 bits per heavy atom. The number of aromatic nitrogens is 4. The minimum atomic E-state index is 0.977. The van der Waals surface area contributed by atoms with Crippen molar-refractivity contribution in [2.24, 2.45) is 0 Å². The maximum absolute atomic E-state index is 4.02. The van der Waals surface area contributed by atoms with E-state index in [-0.39, 0.29) is 0 Å². The molecule has 1 aliphatic heterocycles. The molecule has 1 aliphatic rings. The lowest BCUT2D eigenvalue weighted by molar-refractivity contribution is 1.19. The lowest BCUT2D eigenvalue weighted by atomic mass is 10.0. The van der Waals surface area contributed by atoms with E-state index in [9.17, 15) is 0 Å². The predicted molar refractivity (Wildman–Crippen MR) is 362 cm³/mol.